The smallest absolute Gasteiger partial charge is 0.251 e. The van der Waals surface area contributed by atoms with Gasteiger partial charge in [-0.2, -0.15) is 0 Å². The minimum absolute atomic E-state index is 0.232. The van der Waals surface area contributed by atoms with Gasteiger partial charge in [-0.15, -0.1) is 0 Å². The molecule has 0 spiro atoms. The Kier molecular flexibility index (Phi) is 3.76. The van der Waals surface area contributed by atoms with E-state index in [-0.39, 0.29) is 12.5 Å². The molecule has 0 aliphatic rings. The topological polar surface area (TPSA) is 81.2 Å². The molecule has 0 radical (unpaired) electrons. The first-order valence-electron chi connectivity index (χ1n) is 5.73. The molecule has 6 heteroatoms. The minimum Gasteiger partial charge on any atom is -0.444 e. The molecule has 0 aliphatic carbocycles. The van der Waals surface area contributed by atoms with E-state index in [1.807, 2.05) is 13.8 Å². The zero-order valence-corrected chi connectivity index (χ0v) is 11.4. The number of rotatable bonds is 3. The van der Waals surface area contributed by atoms with Gasteiger partial charge in [0.05, 0.1) is 22.9 Å². The number of halogens is 1. The van der Waals surface area contributed by atoms with Crippen molar-refractivity contribution in [3.8, 4) is 0 Å². The van der Waals surface area contributed by atoms with Crippen LogP contribution in [0.1, 0.15) is 27.7 Å². The second-order valence-electron chi connectivity index (χ2n) is 4.17. The summed E-state index contributed by atoms with van der Waals surface area (Å²) in [4.78, 5) is 16.1. The van der Waals surface area contributed by atoms with Crippen LogP contribution in [-0.4, -0.2) is 10.9 Å². The molecule has 0 bridgehead atoms. The third kappa shape index (κ3) is 3.06. The van der Waals surface area contributed by atoms with Crippen LogP contribution in [0.25, 0.3) is 0 Å². The fourth-order valence-electron chi connectivity index (χ4n) is 1.56. The number of aromatic nitrogens is 1. The monoisotopic (exact) mass is 279 g/mol. The van der Waals surface area contributed by atoms with Crippen molar-refractivity contribution >= 4 is 23.2 Å². The first-order valence-corrected chi connectivity index (χ1v) is 6.11. The minimum atomic E-state index is -0.253. The molecular formula is C13H14ClN3O2. The lowest BCUT2D eigenvalue weighted by atomic mass is 10.2. The Morgan fingerprint density at radius 2 is 2.21 bits per heavy atom. The molecule has 1 heterocycles. The number of nitrogens with two attached hydrogens (primary N) is 1. The van der Waals surface area contributed by atoms with Gasteiger partial charge >= 0.3 is 0 Å². The number of amides is 1. The number of aryl methyl sites for hydroxylation is 2. The van der Waals surface area contributed by atoms with Crippen molar-refractivity contribution in [3.05, 3.63) is 46.1 Å². The number of hydrogen-bond acceptors (Lipinski definition) is 4. The summed E-state index contributed by atoms with van der Waals surface area (Å²) in [7, 11) is 0. The predicted octanol–water partition coefficient (Wildman–Crippen LogP) is 2.46. The van der Waals surface area contributed by atoms with Crippen molar-refractivity contribution < 1.29 is 9.21 Å². The summed E-state index contributed by atoms with van der Waals surface area (Å²) in [6.07, 6.45) is 0. The van der Waals surface area contributed by atoms with Crippen LogP contribution >= 0.6 is 11.6 Å². The van der Waals surface area contributed by atoms with Crippen molar-refractivity contribution in [2.24, 2.45) is 0 Å². The van der Waals surface area contributed by atoms with Crippen LogP contribution in [0.5, 0.6) is 0 Å². The SMILES string of the molecule is Cc1nc(CNC(=O)c2ccc(Cl)c(N)c2)oc1C. The highest BCUT2D eigenvalue weighted by Gasteiger charge is 2.10. The van der Waals surface area contributed by atoms with E-state index in [9.17, 15) is 4.79 Å². The summed E-state index contributed by atoms with van der Waals surface area (Å²) in [5.41, 5.74) is 7.28. The lowest BCUT2D eigenvalue weighted by Gasteiger charge is -2.04. The Morgan fingerprint density at radius 3 is 2.79 bits per heavy atom. The fraction of sp³-hybridized carbons (Fsp3) is 0.231. The van der Waals surface area contributed by atoms with Crippen LogP contribution in [0.3, 0.4) is 0 Å². The second-order valence-corrected chi connectivity index (χ2v) is 4.58. The number of nitrogens with zero attached hydrogens (tertiary/aromatic N) is 1. The number of anilines is 1. The Labute approximate surface area is 115 Å². The molecule has 100 valence electrons. The molecule has 1 aromatic carbocycles. The Bertz CT molecular complexity index is 603. The number of nitrogens with one attached hydrogen (secondary N) is 1. The van der Waals surface area contributed by atoms with Gasteiger partial charge in [0, 0.05) is 5.56 Å². The Hall–Kier alpha value is -2.01. The van der Waals surface area contributed by atoms with Crippen LogP contribution in [0.4, 0.5) is 5.69 Å². The van der Waals surface area contributed by atoms with E-state index in [2.05, 4.69) is 10.3 Å². The van der Waals surface area contributed by atoms with Crippen LogP contribution in [0.2, 0.25) is 5.02 Å². The number of carbonyl (C=O) groups excluding carboxylic acids is 1. The maximum Gasteiger partial charge on any atom is 0.251 e. The average molecular weight is 280 g/mol. The lowest BCUT2D eigenvalue weighted by molar-refractivity contribution is 0.0947. The highest BCUT2D eigenvalue weighted by atomic mass is 35.5. The van der Waals surface area contributed by atoms with Crippen molar-refractivity contribution in [3.63, 3.8) is 0 Å². The fourth-order valence-corrected chi connectivity index (χ4v) is 1.68. The third-order valence-electron chi connectivity index (χ3n) is 2.73. The molecule has 19 heavy (non-hydrogen) atoms. The molecule has 0 unspecified atom stereocenters. The van der Waals surface area contributed by atoms with E-state index in [4.69, 9.17) is 21.8 Å². The first-order chi connectivity index (χ1) is 8.97. The van der Waals surface area contributed by atoms with Gasteiger partial charge in [-0.1, -0.05) is 11.6 Å². The molecule has 1 amide bonds. The quantitative estimate of drug-likeness (QED) is 0.846. The van der Waals surface area contributed by atoms with Crippen molar-refractivity contribution in [1.82, 2.24) is 10.3 Å². The number of nitrogen functional groups attached to an aromatic ring is 1. The maximum atomic E-state index is 11.9. The molecule has 0 saturated heterocycles. The summed E-state index contributed by atoms with van der Waals surface area (Å²) in [5.74, 6) is 0.974. The van der Waals surface area contributed by atoms with Crippen LogP contribution in [0, 0.1) is 13.8 Å². The second kappa shape index (κ2) is 5.32. The van der Waals surface area contributed by atoms with E-state index in [0.29, 0.717) is 22.2 Å². The lowest BCUT2D eigenvalue weighted by Crippen LogP contribution is -2.23. The third-order valence-corrected chi connectivity index (χ3v) is 3.08. The summed E-state index contributed by atoms with van der Waals surface area (Å²) in [6, 6.07) is 4.73. The largest absolute Gasteiger partial charge is 0.444 e. The van der Waals surface area contributed by atoms with Crippen LogP contribution in [0.15, 0.2) is 22.6 Å². The van der Waals surface area contributed by atoms with Gasteiger partial charge in [0.1, 0.15) is 5.76 Å². The van der Waals surface area contributed by atoms with Gasteiger partial charge in [-0.3, -0.25) is 4.79 Å². The van der Waals surface area contributed by atoms with E-state index in [1.165, 1.54) is 6.07 Å². The molecule has 2 aromatic rings. The molecule has 0 saturated carbocycles. The van der Waals surface area contributed by atoms with Crippen molar-refractivity contribution in [2.75, 3.05) is 5.73 Å². The maximum absolute atomic E-state index is 11.9. The van der Waals surface area contributed by atoms with Gasteiger partial charge in [0.25, 0.3) is 5.91 Å². The highest BCUT2D eigenvalue weighted by molar-refractivity contribution is 6.33. The molecule has 0 fully saturated rings. The van der Waals surface area contributed by atoms with E-state index in [1.54, 1.807) is 12.1 Å². The number of hydrogen-bond donors (Lipinski definition) is 2. The summed E-state index contributed by atoms with van der Waals surface area (Å²) in [5, 5.41) is 3.14. The van der Waals surface area contributed by atoms with Crippen molar-refractivity contribution in [1.29, 1.82) is 0 Å². The van der Waals surface area contributed by atoms with Crippen LogP contribution < -0.4 is 11.1 Å². The molecule has 0 atom stereocenters. The molecule has 1 aromatic heterocycles. The van der Waals surface area contributed by atoms with E-state index >= 15 is 0 Å². The molecular weight excluding hydrogens is 266 g/mol. The zero-order valence-electron chi connectivity index (χ0n) is 10.7. The molecule has 2 rings (SSSR count). The number of oxazole rings is 1. The molecule has 0 aliphatic heterocycles. The summed E-state index contributed by atoms with van der Waals surface area (Å²) < 4.78 is 5.37. The zero-order chi connectivity index (χ0) is 14.0. The van der Waals surface area contributed by atoms with Gasteiger partial charge in [-0.25, -0.2) is 4.98 Å². The Morgan fingerprint density at radius 1 is 1.47 bits per heavy atom. The highest BCUT2D eigenvalue weighted by Crippen LogP contribution is 2.19. The van der Waals surface area contributed by atoms with Gasteiger partial charge in [0.15, 0.2) is 0 Å². The summed E-state index contributed by atoms with van der Waals surface area (Å²) >= 11 is 5.80. The van der Waals surface area contributed by atoms with E-state index in [0.717, 1.165) is 11.5 Å². The molecule has 3 N–H and O–H groups in total. The first kappa shape index (κ1) is 13.4. The molecule has 5 nitrogen and oxygen atoms in total. The van der Waals surface area contributed by atoms with Crippen LogP contribution in [-0.2, 0) is 6.54 Å². The van der Waals surface area contributed by atoms with E-state index < -0.39 is 0 Å². The van der Waals surface area contributed by atoms with Crippen molar-refractivity contribution in [2.45, 2.75) is 20.4 Å². The number of carbonyl (C=O) groups is 1. The number of benzene rings is 1. The summed E-state index contributed by atoms with van der Waals surface area (Å²) in [6.45, 7) is 3.91. The van der Waals surface area contributed by atoms with Gasteiger partial charge in [0.2, 0.25) is 5.89 Å². The predicted molar refractivity (Wildman–Crippen MR) is 73.0 cm³/mol. The Balaban J connectivity index is 2.03. The average Bonchev–Trinajstić information content (AvgIpc) is 2.69. The normalized spacial score (nSPS) is 10.5. The standard InChI is InChI=1S/C13H14ClN3O2/c1-7-8(2)19-12(17-7)6-16-13(18)9-3-4-10(14)11(15)5-9/h3-5H,6,15H2,1-2H3,(H,16,18). The van der Waals surface area contributed by atoms with Gasteiger partial charge < -0.3 is 15.5 Å². The van der Waals surface area contributed by atoms with Gasteiger partial charge in [-0.05, 0) is 32.0 Å².